The molecule has 6 aromatic carbocycles. The lowest BCUT2D eigenvalue weighted by atomic mass is 10.0. The monoisotopic (exact) mass is 1170 g/mol. The molecule has 0 radical (unpaired) electrons. The van der Waals surface area contributed by atoms with Gasteiger partial charge in [0.05, 0.1) is 22.9 Å². The number of sulfonamides is 2. The van der Waals surface area contributed by atoms with Gasteiger partial charge in [0, 0.05) is 94.8 Å². The number of piperidine rings is 2. The molecule has 0 saturated carbocycles. The Morgan fingerprint density at radius 1 is 0.481 bits per heavy atom. The van der Waals surface area contributed by atoms with Crippen molar-refractivity contribution in [2.75, 3.05) is 36.8 Å². The molecule has 0 bridgehead atoms. The summed E-state index contributed by atoms with van der Waals surface area (Å²) in [4.78, 5) is 47.0. The minimum atomic E-state index is -3.65. The van der Waals surface area contributed by atoms with Crippen LogP contribution in [0.15, 0.2) is 190 Å². The fraction of sp³-hybridized carbons (Fsp3) is 0.220. The minimum Gasteiger partial charge on any atom is -0.382 e. The van der Waals surface area contributed by atoms with Crippen molar-refractivity contribution in [3.63, 3.8) is 0 Å². The Morgan fingerprint density at radius 3 is 1.38 bits per heavy atom. The molecule has 0 aliphatic carbocycles. The molecule has 10 rings (SSSR count). The number of benzene rings is 6. The number of nitrogens with one attached hydrogen (secondary N) is 4. The van der Waals surface area contributed by atoms with Crippen molar-refractivity contribution in [1.29, 1.82) is 0 Å². The smallest absolute Gasteiger partial charge is 0.270 e. The van der Waals surface area contributed by atoms with Crippen LogP contribution in [0.3, 0.4) is 0 Å². The van der Waals surface area contributed by atoms with Crippen LogP contribution in [-0.2, 0) is 39.6 Å². The number of carbonyl (C=O) groups is 2. The maximum Gasteiger partial charge on any atom is 0.270 e. The predicted molar refractivity (Wildman–Crippen MR) is 316 cm³/mol. The topological polar surface area (TPSA) is 243 Å². The first-order valence-corrected chi connectivity index (χ1v) is 30.6. The summed E-state index contributed by atoms with van der Waals surface area (Å²) in [6.45, 7) is 1.90. The Bertz CT molecular complexity index is 3730. The zero-order valence-corrected chi connectivity index (χ0v) is 47.0. The Kier molecular flexibility index (Phi) is 18.8. The summed E-state index contributed by atoms with van der Waals surface area (Å²) in [5.74, 6) is -0.933. The maximum atomic E-state index is 13.3. The normalized spacial score (nSPS) is 14.5. The van der Waals surface area contributed by atoms with Gasteiger partial charge in [-0.15, -0.1) is 22.7 Å². The summed E-state index contributed by atoms with van der Waals surface area (Å²) >= 11 is 2.23. The van der Waals surface area contributed by atoms with Crippen LogP contribution >= 0.6 is 22.7 Å². The van der Waals surface area contributed by atoms with Crippen molar-refractivity contribution in [1.82, 2.24) is 19.2 Å². The molecule has 0 atom stereocenters. The second-order valence-corrected chi connectivity index (χ2v) is 26.0. The molecule has 2 fully saturated rings. The van der Waals surface area contributed by atoms with Gasteiger partial charge < -0.3 is 21.3 Å². The van der Waals surface area contributed by atoms with Crippen LogP contribution in [0.4, 0.5) is 22.7 Å². The first kappa shape index (κ1) is 57.6. The highest BCUT2D eigenvalue weighted by atomic mass is 32.3. The van der Waals surface area contributed by atoms with E-state index in [4.69, 9.17) is 0 Å². The number of hydrogen-bond acceptors (Lipinski definition) is 14. The first-order valence-electron chi connectivity index (χ1n) is 26.1. The highest BCUT2D eigenvalue weighted by Gasteiger charge is 2.32. The average Bonchev–Trinajstić information content (AvgIpc) is 4.39. The number of carbonyl (C=O) groups excluding carboxylic acids is 2. The quantitative estimate of drug-likeness (QED) is 0.0436. The van der Waals surface area contributed by atoms with Crippen LogP contribution in [0.2, 0.25) is 0 Å². The largest absolute Gasteiger partial charge is 0.382 e. The molecule has 81 heavy (non-hydrogen) atoms. The molecule has 2 aliphatic heterocycles. The molecular formula is C59H58N8O10S4. The van der Waals surface area contributed by atoms with Gasteiger partial charge in [0.1, 0.15) is 8.42 Å². The first-order chi connectivity index (χ1) is 39.1. The Balaban J connectivity index is 0.000000196. The number of rotatable bonds is 19. The standard InChI is InChI=1S/C30H30N4O5S2.C29H28N4O5S2/c35-30(24-9-5-11-27(20-24)34(36)37)31-21-28-12-13-29(40-28)41(38,39)33-16-14-25(15-17-33)32-26-10-4-8-23(19-26)18-22-6-2-1-3-7-22;34-29(23-9-5-11-26(19-23)33(35)36)30-20-27-12-13-28(39-27)40(37,38)32-16-14-24(15-17-32)31-25-10-4-8-22(18-25)21-6-2-1-3-7-21/h1-13,19-20,25,32H,14-18,21H2,(H,31,35);1-13,18-19,24,31H,14-17,20H2,(H,30,34). The molecule has 22 heteroatoms. The van der Waals surface area contributed by atoms with Crippen molar-refractivity contribution < 1.29 is 36.3 Å². The number of hydrogen-bond donors (Lipinski definition) is 4. The van der Waals surface area contributed by atoms with E-state index in [0.717, 1.165) is 51.6 Å². The van der Waals surface area contributed by atoms with Gasteiger partial charge in [-0.2, -0.15) is 8.61 Å². The molecule has 2 aromatic heterocycles. The van der Waals surface area contributed by atoms with Crippen molar-refractivity contribution in [2.24, 2.45) is 0 Å². The van der Waals surface area contributed by atoms with Crippen LogP contribution in [-0.4, -0.2) is 85.4 Å². The molecule has 2 aliphatic rings. The summed E-state index contributed by atoms with van der Waals surface area (Å²) in [5, 5.41) is 34.5. The van der Waals surface area contributed by atoms with Crippen molar-refractivity contribution >= 4 is 77.3 Å². The highest BCUT2D eigenvalue weighted by molar-refractivity contribution is 7.91. The van der Waals surface area contributed by atoms with Gasteiger partial charge in [-0.3, -0.25) is 29.8 Å². The van der Waals surface area contributed by atoms with E-state index >= 15 is 0 Å². The average molecular weight is 1170 g/mol. The van der Waals surface area contributed by atoms with Crippen LogP contribution in [0, 0.1) is 20.2 Å². The second-order valence-electron chi connectivity index (χ2n) is 19.4. The molecule has 8 aromatic rings. The van der Waals surface area contributed by atoms with Gasteiger partial charge >= 0.3 is 0 Å². The summed E-state index contributed by atoms with van der Waals surface area (Å²) in [6, 6.07) is 54.8. The third-order valence-electron chi connectivity index (χ3n) is 13.7. The zero-order valence-electron chi connectivity index (χ0n) is 43.8. The van der Waals surface area contributed by atoms with Crippen LogP contribution in [0.25, 0.3) is 11.1 Å². The van der Waals surface area contributed by atoms with Gasteiger partial charge in [-0.1, -0.05) is 97.1 Å². The fourth-order valence-electron chi connectivity index (χ4n) is 9.47. The van der Waals surface area contributed by atoms with Crippen molar-refractivity contribution in [2.45, 2.75) is 65.7 Å². The van der Waals surface area contributed by atoms with E-state index < -0.39 is 41.7 Å². The summed E-state index contributed by atoms with van der Waals surface area (Å²) in [6.07, 6.45) is 3.62. The van der Waals surface area contributed by atoms with E-state index in [9.17, 15) is 46.7 Å². The number of nitro groups is 2. The van der Waals surface area contributed by atoms with Gasteiger partial charge in [0.15, 0.2) is 0 Å². The van der Waals surface area contributed by atoms with Gasteiger partial charge in [-0.05, 0) is 115 Å². The molecule has 418 valence electrons. The fourth-order valence-corrected chi connectivity index (χ4v) is 15.3. The Hall–Kier alpha value is -8.12. The van der Waals surface area contributed by atoms with Gasteiger partial charge in [-0.25, -0.2) is 16.8 Å². The Labute approximate surface area is 477 Å². The maximum absolute atomic E-state index is 13.3. The number of non-ortho nitro benzene ring substituents is 2. The van der Waals surface area contributed by atoms with E-state index in [1.165, 1.54) is 68.3 Å². The van der Waals surface area contributed by atoms with E-state index in [1.807, 2.05) is 60.7 Å². The van der Waals surface area contributed by atoms with Gasteiger partial charge in [0.2, 0.25) is 0 Å². The highest BCUT2D eigenvalue weighted by Crippen LogP contribution is 2.31. The molecule has 0 unspecified atom stereocenters. The molecule has 2 amide bonds. The molecule has 2 saturated heterocycles. The number of nitrogens with zero attached hydrogens (tertiary/aromatic N) is 4. The lowest BCUT2D eigenvalue weighted by molar-refractivity contribution is -0.385. The van der Waals surface area contributed by atoms with Crippen LogP contribution < -0.4 is 21.3 Å². The van der Waals surface area contributed by atoms with Crippen LogP contribution in [0.1, 0.15) is 67.3 Å². The van der Waals surface area contributed by atoms with E-state index in [1.54, 1.807) is 24.3 Å². The predicted octanol–water partition coefficient (Wildman–Crippen LogP) is 11.0. The number of amides is 2. The minimum absolute atomic E-state index is 0.121. The van der Waals surface area contributed by atoms with E-state index in [0.29, 0.717) is 61.6 Å². The SMILES string of the molecule is O=C(NCc1ccc(S(=O)(=O)N2CCC(Nc3cccc(-c4ccccc4)c3)CC2)s1)c1cccc([N+](=O)[O-])c1.O=C(NCc1ccc(S(=O)(=O)N2CCC(Nc3cccc(Cc4ccccc4)c3)CC2)s1)c1cccc([N+](=O)[O-])c1. The number of anilines is 2. The lowest BCUT2D eigenvalue weighted by Crippen LogP contribution is -2.42. The summed E-state index contributed by atoms with van der Waals surface area (Å²) in [7, 11) is -7.30. The molecule has 18 nitrogen and oxygen atoms in total. The third-order valence-corrected chi connectivity index (χ3v) is 20.6. The number of thiophene rings is 2. The summed E-state index contributed by atoms with van der Waals surface area (Å²) < 4.78 is 56.7. The third kappa shape index (κ3) is 15.2. The van der Waals surface area contributed by atoms with E-state index in [2.05, 4.69) is 69.8 Å². The second kappa shape index (κ2) is 26.4. The Morgan fingerprint density at radius 2 is 0.901 bits per heavy atom. The molecule has 0 spiro atoms. The number of nitro benzene ring substituents is 2. The van der Waals surface area contributed by atoms with Crippen molar-refractivity contribution in [3.05, 3.63) is 234 Å². The van der Waals surface area contributed by atoms with Crippen LogP contribution in [0.5, 0.6) is 0 Å². The van der Waals surface area contributed by atoms with Gasteiger partial charge in [0.25, 0.3) is 43.2 Å². The zero-order chi connectivity index (χ0) is 56.9. The molecular weight excluding hydrogens is 1110 g/mol. The van der Waals surface area contributed by atoms with Crippen molar-refractivity contribution in [3.8, 4) is 11.1 Å². The lowest BCUT2D eigenvalue weighted by Gasteiger charge is -2.31. The molecule has 4 N–H and O–H groups in total. The van der Waals surface area contributed by atoms with E-state index in [-0.39, 0.29) is 56.1 Å². The summed E-state index contributed by atoms with van der Waals surface area (Å²) in [5.41, 5.74) is 6.79. The molecule has 4 heterocycles.